The lowest BCUT2D eigenvalue weighted by atomic mass is 9.84. The van der Waals surface area contributed by atoms with E-state index in [1.807, 2.05) is 23.1 Å². The van der Waals surface area contributed by atoms with Gasteiger partial charge in [0, 0.05) is 58.3 Å². The second kappa shape index (κ2) is 14.2. The Morgan fingerprint density at radius 1 is 1.05 bits per heavy atom. The van der Waals surface area contributed by atoms with E-state index in [9.17, 15) is 19.5 Å². The zero-order valence-corrected chi connectivity index (χ0v) is 25.1. The van der Waals surface area contributed by atoms with E-state index in [0.29, 0.717) is 57.2 Å². The van der Waals surface area contributed by atoms with Crippen molar-refractivity contribution in [1.82, 2.24) is 24.5 Å². The summed E-state index contributed by atoms with van der Waals surface area (Å²) in [6, 6.07) is 5.20. The number of benzene rings is 1. The molecule has 1 aromatic rings. The molecule has 41 heavy (non-hydrogen) atoms. The highest BCUT2D eigenvalue weighted by Gasteiger charge is 2.47. The predicted octanol–water partition coefficient (Wildman–Crippen LogP) is 2.61. The fourth-order valence-electron chi connectivity index (χ4n) is 6.25. The van der Waals surface area contributed by atoms with Crippen LogP contribution in [0.3, 0.4) is 0 Å². The number of aliphatic carboxylic acids is 1. The van der Waals surface area contributed by atoms with Crippen LogP contribution in [0, 0.1) is 5.92 Å². The third kappa shape index (κ3) is 7.62. The summed E-state index contributed by atoms with van der Waals surface area (Å²) in [5, 5.41) is 10.5. The molecule has 0 radical (unpaired) electrons. The van der Waals surface area contributed by atoms with Crippen molar-refractivity contribution in [2.24, 2.45) is 5.92 Å². The first-order valence-corrected chi connectivity index (χ1v) is 15.0. The number of urea groups is 1. The number of likely N-dealkylation sites (N-methyl/N-ethyl adjacent to an activating group) is 1. The lowest BCUT2D eigenvalue weighted by Gasteiger charge is -2.30. The summed E-state index contributed by atoms with van der Waals surface area (Å²) in [5.74, 6) is -0.611. The van der Waals surface area contributed by atoms with Crippen molar-refractivity contribution in [3.63, 3.8) is 0 Å². The molecule has 11 nitrogen and oxygen atoms in total. The number of carboxylic acids is 1. The van der Waals surface area contributed by atoms with E-state index < -0.39 is 11.9 Å². The van der Waals surface area contributed by atoms with E-state index in [-0.39, 0.29) is 37.2 Å². The molecule has 2 fully saturated rings. The van der Waals surface area contributed by atoms with Gasteiger partial charge >= 0.3 is 12.0 Å². The maximum Gasteiger partial charge on any atom is 0.319 e. The van der Waals surface area contributed by atoms with Crippen molar-refractivity contribution in [3.8, 4) is 11.5 Å². The maximum absolute atomic E-state index is 13.7. The van der Waals surface area contributed by atoms with Crippen LogP contribution in [0.1, 0.15) is 50.5 Å². The van der Waals surface area contributed by atoms with Crippen LogP contribution >= 0.6 is 0 Å². The first kappa shape index (κ1) is 30.9. The van der Waals surface area contributed by atoms with E-state index in [4.69, 9.17) is 9.47 Å². The number of unbranched alkanes of at least 4 members (excludes halogenated alkanes) is 2. The minimum Gasteiger partial charge on any atom is -0.481 e. The van der Waals surface area contributed by atoms with Crippen molar-refractivity contribution < 1.29 is 29.0 Å². The number of ether oxygens (including phenoxy) is 2. The number of hydrogen-bond acceptors (Lipinski definition) is 7. The molecular weight excluding hydrogens is 526 g/mol. The Morgan fingerprint density at radius 3 is 2.46 bits per heavy atom. The lowest BCUT2D eigenvalue weighted by Crippen LogP contribution is -2.46. The molecule has 11 heteroatoms. The Kier molecular flexibility index (Phi) is 10.7. The summed E-state index contributed by atoms with van der Waals surface area (Å²) in [4.78, 5) is 48.7. The van der Waals surface area contributed by atoms with Crippen LogP contribution in [0.15, 0.2) is 18.2 Å². The third-order valence-corrected chi connectivity index (χ3v) is 8.61. The fourth-order valence-corrected chi connectivity index (χ4v) is 6.25. The molecule has 1 aromatic carbocycles. The van der Waals surface area contributed by atoms with E-state index in [0.717, 1.165) is 37.8 Å². The highest BCUT2D eigenvalue weighted by molar-refractivity contribution is 5.79. The number of fused-ring (bicyclic) bond motifs is 1. The van der Waals surface area contributed by atoms with Gasteiger partial charge in [-0.05, 0) is 64.0 Å². The van der Waals surface area contributed by atoms with Crippen LogP contribution in [-0.2, 0) is 9.59 Å². The molecular formula is C30H47N5O6. The van der Waals surface area contributed by atoms with E-state index >= 15 is 0 Å². The molecule has 3 heterocycles. The molecule has 2 saturated heterocycles. The molecule has 0 bridgehead atoms. The first-order valence-electron chi connectivity index (χ1n) is 15.0. The molecule has 0 spiro atoms. The molecule has 0 unspecified atom stereocenters. The number of carbonyl (C=O) groups excluding carboxylic acids is 2. The molecule has 4 rings (SSSR count). The van der Waals surface area contributed by atoms with Gasteiger partial charge in [-0.15, -0.1) is 0 Å². The van der Waals surface area contributed by atoms with Crippen LogP contribution in [-0.4, -0.2) is 134 Å². The van der Waals surface area contributed by atoms with Crippen molar-refractivity contribution in [2.45, 2.75) is 51.0 Å². The van der Waals surface area contributed by atoms with E-state index in [1.54, 1.807) is 16.8 Å². The van der Waals surface area contributed by atoms with Crippen LogP contribution < -0.4 is 9.47 Å². The molecule has 0 aromatic heterocycles. The maximum atomic E-state index is 13.7. The van der Waals surface area contributed by atoms with Gasteiger partial charge in [-0.2, -0.15) is 0 Å². The summed E-state index contributed by atoms with van der Waals surface area (Å²) >= 11 is 0. The summed E-state index contributed by atoms with van der Waals surface area (Å²) in [6.45, 7) is 7.02. The number of amides is 3. The van der Waals surface area contributed by atoms with Crippen molar-refractivity contribution in [3.05, 3.63) is 23.8 Å². The molecule has 0 aliphatic carbocycles. The van der Waals surface area contributed by atoms with Gasteiger partial charge in [0.25, 0.3) is 0 Å². The van der Waals surface area contributed by atoms with Gasteiger partial charge < -0.3 is 34.2 Å². The number of nitrogens with zero attached hydrogens (tertiary/aromatic N) is 5. The topological polar surface area (TPSA) is 106 Å². The average molecular weight is 574 g/mol. The van der Waals surface area contributed by atoms with E-state index in [1.165, 1.54) is 0 Å². The Balaban J connectivity index is 1.54. The predicted molar refractivity (Wildman–Crippen MR) is 155 cm³/mol. The summed E-state index contributed by atoms with van der Waals surface area (Å²) in [5.41, 5.74) is 0.866. The molecule has 0 saturated carbocycles. The minimum atomic E-state index is -0.885. The second-order valence-corrected chi connectivity index (χ2v) is 11.8. The van der Waals surface area contributed by atoms with Crippen molar-refractivity contribution in [2.75, 3.05) is 80.3 Å². The van der Waals surface area contributed by atoms with Crippen LogP contribution in [0.4, 0.5) is 4.79 Å². The highest BCUT2D eigenvalue weighted by Crippen LogP contribution is 2.42. The molecule has 3 aliphatic rings. The highest BCUT2D eigenvalue weighted by atomic mass is 16.7. The van der Waals surface area contributed by atoms with Crippen LogP contribution in [0.25, 0.3) is 0 Å². The van der Waals surface area contributed by atoms with Gasteiger partial charge in [-0.1, -0.05) is 19.4 Å². The van der Waals surface area contributed by atoms with Crippen molar-refractivity contribution >= 4 is 17.9 Å². The normalized spacial score (nSPS) is 22.3. The Labute approximate surface area is 243 Å². The average Bonchev–Trinajstić information content (AvgIpc) is 3.64. The zero-order chi connectivity index (χ0) is 29.5. The van der Waals surface area contributed by atoms with Gasteiger partial charge in [-0.25, -0.2) is 4.79 Å². The summed E-state index contributed by atoms with van der Waals surface area (Å²) < 4.78 is 11.1. The Morgan fingerprint density at radius 2 is 1.78 bits per heavy atom. The minimum absolute atomic E-state index is 0.0340. The summed E-state index contributed by atoms with van der Waals surface area (Å²) in [7, 11) is 5.88. The number of carboxylic acid groups (broad SMARTS) is 1. The van der Waals surface area contributed by atoms with Gasteiger partial charge in [0.1, 0.15) is 0 Å². The van der Waals surface area contributed by atoms with Gasteiger partial charge in [0.05, 0.1) is 12.5 Å². The SMILES string of the molecule is CCCCN(CCCCN(C)C)C(=O)CN1C[C@H](c2ccc3c(c2)OCO3)[C@@H](C(=O)O)[C@@H]1CCN1CCN(C)C1=O. The quantitative estimate of drug-likeness (QED) is 0.319. The van der Waals surface area contributed by atoms with Gasteiger partial charge in [-0.3, -0.25) is 14.5 Å². The smallest absolute Gasteiger partial charge is 0.319 e. The van der Waals surface area contributed by atoms with Gasteiger partial charge in [0.15, 0.2) is 11.5 Å². The molecule has 228 valence electrons. The summed E-state index contributed by atoms with van der Waals surface area (Å²) in [6.07, 6.45) is 4.37. The Hall–Kier alpha value is -3.05. The number of hydrogen-bond donors (Lipinski definition) is 1. The standard InChI is InChI=1S/C30H47N5O6/c1-5-6-13-33(14-8-7-12-31(2)3)27(36)20-35-19-23(22-9-10-25-26(18-22)41-21-40-25)28(29(37)38)24(35)11-15-34-17-16-32(4)30(34)39/h9-10,18,23-24,28H,5-8,11-17,19-21H2,1-4H3,(H,37,38)/t23-,24+,28-/m1/s1. The monoisotopic (exact) mass is 573 g/mol. The number of likely N-dealkylation sites (tertiary alicyclic amines) is 1. The Bertz CT molecular complexity index is 1070. The molecule has 3 atom stereocenters. The van der Waals surface area contributed by atoms with Crippen molar-refractivity contribution in [1.29, 1.82) is 0 Å². The van der Waals surface area contributed by atoms with Crippen LogP contribution in [0.5, 0.6) is 11.5 Å². The fraction of sp³-hybridized carbons (Fsp3) is 0.700. The number of carbonyl (C=O) groups is 3. The lowest BCUT2D eigenvalue weighted by molar-refractivity contribution is -0.144. The third-order valence-electron chi connectivity index (χ3n) is 8.61. The van der Waals surface area contributed by atoms with Crippen LogP contribution in [0.2, 0.25) is 0 Å². The van der Waals surface area contributed by atoms with E-state index in [2.05, 4.69) is 30.8 Å². The molecule has 3 aliphatic heterocycles. The largest absolute Gasteiger partial charge is 0.481 e. The molecule has 1 N–H and O–H groups in total. The zero-order valence-electron chi connectivity index (χ0n) is 25.1. The first-order chi connectivity index (χ1) is 19.7. The number of rotatable bonds is 15. The molecule has 3 amide bonds. The second-order valence-electron chi connectivity index (χ2n) is 11.8. The van der Waals surface area contributed by atoms with Gasteiger partial charge in [0.2, 0.25) is 12.7 Å².